The van der Waals surface area contributed by atoms with Gasteiger partial charge in [0.25, 0.3) is 0 Å². The van der Waals surface area contributed by atoms with Crippen molar-refractivity contribution in [2.75, 3.05) is 18.2 Å². The third kappa shape index (κ3) is 2.32. The summed E-state index contributed by atoms with van der Waals surface area (Å²) in [5, 5.41) is 12.2. The Morgan fingerprint density at radius 1 is 1.59 bits per heavy atom. The Morgan fingerprint density at radius 2 is 2.41 bits per heavy atom. The van der Waals surface area contributed by atoms with Crippen molar-refractivity contribution in [1.82, 2.24) is 4.98 Å². The SMILES string of the molecule is COC1CCCC1Nc1nccc(C#N)c1N. The predicted octanol–water partition coefficient (Wildman–Crippen LogP) is 1.51. The van der Waals surface area contributed by atoms with E-state index in [1.54, 1.807) is 19.4 Å². The molecule has 1 saturated carbocycles. The largest absolute Gasteiger partial charge is 0.395 e. The molecule has 1 fully saturated rings. The van der Waals surface area contributed by atoms with Crippen LogP contribution in [0.4, 0.5) is 11.5 Å². The second-order valence-electron chi connectivity index (χ2n) is 4.19. The zero-order valence-corrected chi connectivity index (χ0v) is 9.81. The Labute approximate surface area is 101 Å². The van der Waals surface area contributed by atoms with Gasteiger partial charge >= 0.3 is 0 Å². The van der Waals surface area contributed by atoms with E-state index in [0.717, 1.165) is 19.3 Å². The van der Waals surface area contributed by atoms with Gasteiger partial charge in [-0.15, -0.1) is 0 Å². The molecule has 1 aromatic rings. The summed E-state index contributed by atoms with van der Waals surface area (Å²) in [6.07, 6.45) is 5.01. The number of anilines is 2. The highest BCUT2D eigenvalue weighted by Crippen LogP contribution is 2.27. The van der Waals surface area contributed by atoms with E-state index in [1.165, 1.54) is 0 Å². The van der Waals surface area contributed by atoms with Crippen molar-refractivity contribution in [3.63, 3.8) is 0 Å². The van der Waals surface area contributed by atoms with Crippen molar-refractivity contribution < 1.29 is 4.74 Å². The van der Waals surface area contributed by atoms with Gasteiger partial charge in [-0.3, -0.25) is 0 Å². The van der Waals surface area contributed by atoms with E-state index in [1.807, 2.05) is 6.07 Å². The van der Waals surface area contributed by atoms with Crippen LogP contribution < -0.4 is 11.1 Å². The average molecular weight is 232 g/mol. The minimum atomic E-state index is 0.196. The first-order valence-corrected chi connectivity index (χ1v) is 5.70. The van der Waals surface area contributed by atoms with Gasteiger partial charge < -0.3 is 15.8 Å². The van der Waals surface area contributed by atoms with Crippen LogP contribution in [-0.2, 0) is 4.74 Å². The zero-order chi connectivity index (χ0) is 12.3. The standard InChI is InChI=1S/C12H16N4O/c1-17-10-4-2-3-9(10)16-12-11(14)8(7-13)5-6-15-12/h5-6,9-10H,2-4,14H2,1H3,(H,15,16). The molecule has 0 radical (unpaired) electrons. The number of pyridine rings is 1. The number of ether oxygens (including phenoxy) is 1. The Kier molecular flexibility index (Phi) is 3.45. The summed E-state index contributed by atoms with van der Waals surface area (Å²) < 4.78 is 5.40. The number of methoxy groups -OCH3 is 1. The summed E-state index contributed by atoms with van der Waals surface area (Å²) in [6.45, 7) is 0. The van der Waals surface area contributed by atoms with E-state index >= 15 is 0 Å². The molecule has 0 amide bonds. The number of nitrogen functional groups attached to an aromatic ring is 1. The van der Waals surface area contributed by atoms with Crippen molar-refractivity contribution in [2.45, 2.75) is 31.4 Å². The lowest BCUT2D eigenvalue weighted by molar-refractivity contribution is 0.101. The molecule has 0 aromatic carbocycles. The van der Waals surface area contributed by atoms with Gasteiger partial charge in [0.2, 0.25) is 0 Å². The average Bonchev–Trinajstić information content (AvgIpc) is 2.79. The molecule has 2 atom stereocenters. The Morgan fingerprint density at radius 3 is 3.12 bits per heavy atom. The first kappa shape index (κ1) is 11.7. The fraction of sp³-hybridized carbons (Fsp3) is 0.500. The molecule has 0 saturated heterocycles. The maximum absolute atomic E-state index is 8.89. The second kappa shape index (κ2) is 5.02. The first-order valence-electron chi connectivity index (χ1n) is 5.70. The Balaban J connectivity index is 2.16. The topological polar surface area (TPSA) is 84.0 Å². The molecule has 1 aromatic heterocycles. The van der Waals surface area contributed by atoms with E-state index < -0.39 is 0 Å². The molecule has 0 spiro atoms. The molecule has 1 aliphatic rings. The summed E-state index contributed by atoms with van der Waals surface area (Å²) in [4.78, 5) is 4.18. The van der Waals surface area contributed by atoms with Gasteiger partial charge in [0, 0.05) is 13.3 Å². The van der Waals surface area contributed by atoms with Crippen LogP contribution in [0.1, 0.15) is 24.8 Å². The van der Waals surface area contributed by atoms with E-state index in [0.29, 0.717) is 17.1 Å². The first-order chi connectivity index (χ1) is 8.26. The van der Waals surface area contributed by atoms with Crippen LogP contribution in [0, 0.1) is 11.3 Å². The summed E-state index contributed by atoms with van der Waals surface area (Å²) in [6, 6.07) is 3.89. The van der Waals surface area contributed by atoms with Crippen LogP contribution in [0.15, 0.2) is 12.3 Å². The highest BCUT2D eigenvalue weighted by Gasteiger charge is 2.27. The summed E-state index contributed by atoms with van der Waals surface area (Å²) >= 11 is 0. The third-order valence-corrected chi connectivity index (χ3v) is 3.19. The van der Waals surface area contributed by atoms with Gasteiger partial charge in [-0.25, -0.2) is 4.98 Å². The van der Waals surface area contributed by atoms with Crippen LogP contribution in [-0.4, -0.2) is 24.2 Å². The van der Waals surface area contributed by atoms with Gasteiger partial charge in [0.15, 0.2) is 5.82 Å². The fourth-order valence-electron chi connectivity index (χ4n) is 2.23. The summed E-state index contributed by atoms with van der Waals surface area (Å²) in [7, 11) is 1.72. The highest BCUT2D eigenvalue weighted by molar-refractivity contribution is 5.69. The molecule has 90 valence electrons. The zero-order valence-electron chi connectivity index (χ0n) is 9.81. The van der Waals surface area contributed by atoms with Crippen LogP contribution in [0.5, 0.6) is 0 Å². The highest BCUT2D eigenvalue weighted by atomic mass is 16.5. The quantitative estimate of drug-likeness (QED) is 0.825. The maximum atomic E-state index is 8.89. The molecule has 3 N–H and O–H groups in total. The molecule has 0 bridgehead atoms. The van der Waals surface area contributed by atoms with Crippen molar-refractivity contribution in [3.05, 3.63) is 17.8 Å². The molecule has 17 heavy (non-hydrogen) atoms. The van der Waals surface area contributed by atoms with E-state index in [9.17, 15) is 0 Å². The third-order valence-electron chi connectivity index (χ3n) is 3.19. The lowest BCUT2D eigenvalue weighted by Crippen LogP contribution is -2.30. The number of hydrogen-bond donors (Lipinski definition) is 2. The van der Waals surface area contributed by atoms with Gasteiger partial charge in [0.1, 0.15) is 6.07 Å². The number of nitriles is 1. The van der Waals surface area contributed by atoms with Crippen LogP contribution >= 0.6 is 0 Å². The maximum Gasteiger partial charge on any atom is 0.150 e. The number of nitrogens with one attached hydrogen (secondary N) is 1. The molecular formula is C12H16N4O. The number of aromatic nitrogens is 1. The number of rotatable bonds is 3. The monoisotopic (exact) mass is 232 g/mol. The minimum Gasteiger partial charge on any atom is -0.395 e. The molecule has 2 rings (SSSR count). The normalized spacial score (nSPS) is 23.3. The predicted molar refractivity (Wildman–Crippen MR) is 65.4 cm³/mol. The molecular weight excluding hydrogens is 216 g/mol. The molecule has 2 unspecified atom stereocenters. The van der Waals surface area contributed by atoms with Crippen LogP contribution in [0.25, 0.3) is 0 Å². The van der Waals surface area contributed by atoms with Gasteiger partial charge in [0.05, 0.1) is 23.4 Å². The van der Waals surface area contributed by atoms with Crippen molar-refractivity contribution in [2.24, 2.45) is 0 Å². The Hall–Kier alpha value is -1.80. The molecule has 5 nitrogen and oxygen atoms in total. The van der Waals surface area contributed by atoms with Crippen LogP contribution in [0.3, 0.4) is 0 Å². The van der Waals surface area contributed by atoms with E-state index in [-0.39, 0.29) is 12.1 Å². The van der Waals surface area contributed by atoms with E-state index in [2.05, 4.69) is 10.3 Å². The molecule has 0 aliphatic heterocycles. The molecule has 1 aliphatic carbocycles. The van der Waals surface area contributed by atoms with Gasteiger partial charge in [-0.1, -0.05) is 0 Å². The summed E-state index contributed by atoms with van der Waals surface area (Å²) in [5.74, 6) is 0.581. The van der Waals surface area contributed by atoms with Crippen molar-refractivity contribution in [1.29, 1.82) is 5.26 Å². The van der Waals surface area contributed by atoms with Crippen LogP contribution in [0.2, 0.25) is 0 Å². The molecule has 1 heterocycles. The lowest BCUT2D eigenvalue weighted by atomic mass is 10.2. The minimum absolute atomic E-state index is 0.196. The number of hydrogen-bond acceptors (Lipinski definition) is 5. The van der Waals surface area contributed by atoms with E-state index in [4.69, 9.17) is 15.7 Å². The molecule has 5 heteroatoms. The van der Waals surface area contributed by atoms with Gasteiger partial charge in [-0.2, -0.15) is 5.26 Å². The lowest BCUT2D eigenvalue weighted by Gasteiger charge is -2.21. The summed E-state index contributed by atoms with van der Waals surface area (Å²) in [5.41, 5.74) is 6.74. The number of nitrogens with two attached hydrogens (primary N) is 1. The van der Waals surface area contributed by atoms with Gasteiger partial charge in [-0.05, 0) is 25.3 Å². The fourth-order valence-corrected chi connectivity index (χ4v) is 2.23. The smallest absolute Gasteiger partial charge is 0.150 e. The Bertz CT molecular complexity index is 441. The second-order valence-corrected chi connectivity index (χ2v) is 4.19. The van der Waals surface area contributed by atoms with Crippen molar-refractivity contribution >= 4 is 11.5 Å². The van der Waals surface area contributed by atoms with Crippen molar-refractivity contribution in [3.8, 4) is 6.07 Å². The number of nitrogens with zero attached hydrogens (tertiary/aromatic N) is 2.